The van der Waals surface area contributed by atoms with Crippen molar-refractivity contribution < 1.29 is 22.0 Å². The standard InChI is InChI=1S/C13H6F5N3/c14-8-2-3-10(9(15)5-8)20-12-7(6-19)1-4-11(21-12)13(16,17)18/h1-5H,(H,20,21). The van der Waals surface area contributed by atoms with E-state index in [0.29, 0.717) is 12.1 Å². The second-order valence-electron chi connectivity index (χ2n) is 3.95. The summed E-state index contributed by atoms with van der Waals surface area (Å²) in [5.41, 5.74) is -1.72. The van der Waals surface area contributed by atoms with Gasteiger partial charge in [-0.1, -0.05) is 0 Å². The lowest BCUT2D eigenvalue weighted by Gasteiger charge is -2.11. The van der Waals surface area contributed by atoms with E-state index in [9.17, 15) is 22.0 Å². The summed E-state index contributed by atoms with van der Waals surface area (Å²) in [6, 6.07) is 5.67. The number of benzene rings is 1. The third-order valence-corrected chi connectivity index (χ3v) is 2.49. The zero-order valence-corrected chi connectivity index (χ0v) is 10.2. The van der Waals surface area contributed by atoms with Gasteiger partial charge in [-0.05, 0) is 24.3 Å². The van der Waals surface area contributed by atoms with Crippen molar-refractivity contribution in [2.45, 2.75) is 6.18 Å². The molecule has 0 aliphatic carbocycles. The van der Waals surface area contributed by atoms with Crippen LogP contribution < -0.4 is 5.32 Å². The average molecular weight is 299 g/mol. The lowest BCUT2D eigenvalue weighted by Crippen LogP contribution is -2.10. The summed E-state index contributed by atoms with van der Waals surface area (Å²) in [6.45, 7) is 0. The summed E-state index contributed by atoms with van der Waals surface area (Å²) in [7, 11) is 0. The average Bonchev–Trinajstić information content (AvgIpc) is 2.41. The molecule has 0 amide bonds. The Hall–Kier alpha value is -2.69. The largest absolute Gasteiger partial charge is 0.433 e. The number of halogens is 5. The first-order valence-electron chi connectivity index (χ1n) is 5.51. The van der Waals surface area contributed by atoms with Crippen LogP contribution in [0.4, 0.5) is 33.5 Å². The molecule has 0 aliphatic heterocycles. The first-order valence-corrected chi connectivity index (χ1v) is 5.51. The summed E-state index contributed by atoms with van der Waals surface area (Å²) in [4.78, 5) is 3.25. The van der Waals surface area contributed by atoms with Crippen LogP contribution in [-0.4, -0.2) is 4.98 Å². The van der Waals surface area contributed by atoms with Gasteiger partial charge >= 0.3 is 6.18 Å². The SMILES string of the molecule is N#Cc1ccc(C(F)(F)F)nc1Nc1ccc(F)cc1F. The molecule has 0 bridgehead atoms. The first-order chi connectivity index (χ1) is 9.81. The van der Waals surface area contributed by atoms with Crippen molar-refractivity contribution in [3.05, 3.63) is 53.2 Å². The van der Waals surface area contributed by atoms with Gasteiger partial charge in [0.2, 0.25) is 0 Å². The molecule has 1 N–H and O–H groups in total. The maximum Gasteiger partial charge on any atom is 0.433 e. The maximum absolute atomic E-state index is 13.5. The number of nitrogens with one attached hydrogen (secondary N) is 1. The van der Waals surface area contributed by atoms with Gasteiger partial charge in [0, 0.05) is 6.07 Å². The maximum atomic E-state index is 13.5. The molecular weight excluding hydrogens is 293 g/mol. The number of hydrogen-bond acceptors (Lipinski definition) is 3. The highest BCUT2D eigenvalue weighted by molar-refractivity contribution is 5.63. The van der Waals surface area contributed by atoms with Crippen LogP contribution in [0.1, 0.15) is 11.3 Å². The summed E-state index contributed by atoms with van der Waals surface area (Å²) < 4.78 is 64.0. The lowest BCUT2D eigenvalue weighted by atomic mass is 10.2. The van der Waals surface area contributed by atoms with E-state index in [4.69, 9.17) is 5.26 Å². The van der Waals surface area contributed by atoms with Crippen LogP contribution in [0.15, 0.2) is 30.3 Å². The number of nitriles is 1. The normalized spacial score (nSPS) is 11.0. The molecule has 8 heteroatoms. The van der Waals surface area contributed by atoms with Gasteiger partial charge in [0.25, 0.3) is 0 Å². The third kappa shape index (κ3) is 3.25. The first kappa shape index (κ1) is 14.7. The molecule has 0 spiro atoms. The molecule has 21 heavy (non-hydrogen) atoms. The van der Waals surface area contributed by atoms with Gasteiger partial charge in [-0.25, -0.2) is 13.8 Å². The second kappa shape index (κ2) is 5.36. The van der Waals surface area contributed by atoms with Crippen molar-refractivity contribution in [3.8, 4) is 6.07 Å². The van der Waals surface area contributed by atoms with E-state index in [2.05, 4.69) is 10.3 Å². The monoisotopic (exact) mass is 299 g/mol. The number of hydrogen-bond donors (Lipinski definition) is 1. The molecule has 0 radical (unpaired) electrons. The van der Waals surface area contributed by atoms with Crippen LogP contribution in [0.3, 0.4) is 0 Å². The van der Waals surface area contributed by atoms with Crippen LogP contribution in [0, 0.1) is 23.0 Å². The minimum Gasteiger partial charge on any atom is -0.337 e. The van der Waals surface area contributed by atoms with E-state index in [-0.39, 0.29) is 11.3 Å². The lowest BCUT2D eigenvalue weighted by molar-refractivity contribution is -0.141. The molecule has 2 rings (SSSR count). The number of nitrogens with zero attached hydrogens (tertiary/aromatic N) is 2. The Balaban J connectivity index is 2.45. The number of pyridine rings is 1. The Labute approximate surface area is 115 Å². The fourth-order valence-corrected chi connectivity index (χ4v) is 1.52. The number of rotatable bonds is 2. The predicted octanol–water partition coefficient (Wildman–Crippen LogP) is 3.99. The fraction of sp³-hybridized carbons (Fsp3) is 0.0769. The molecule has 0 unspecified atom stereocenters. The molecule has 0 saturated carbocycles. The van der Waals surface area contributed by atoms with E-state index in [1.165, 1.54) is 0 Å². The highest BCUT2D eigenvalue weighted by Crippen LogP contribution is 2.30. The zero-order chi connectivity index (χ0) is 15.6. The zero-order valence-electron chi connectivity index (χ0n) is 10.2. The van der Waals surface area contributed by atoms with Gasteiger partial charge in [-0.2, -0.15) is 18.4 Å². The molecule has 0 atom stereocenters. The number of alkyl halides is 3. The smallest absolute Gasteiger partial charge is 0.337 e. The quantitative estimate of drug-likeness (QED) is 0.853. The Morgan fingerprint density at radius 1 is 1.10 bits per heavy atom. The molecule has 108 valence electrons. The van der Waals surface area contributed by atoms with Crippen molar-refractivity contribution >= 4 is 11.5 Å². The summed E-state index contributed by atoms with van der Waals surface area (Å²) in [5, 5.41) is 11.1. The van der Waals surface area contributed by atoms with Gasteiger partial charge in [0.1, 0.15) is 29.2 Å². The van der Waals surface area contributed by atoms with Crippen LogP contribution >= 0.6 is 0 Å². The van der Waals surface area contributed by atoms with Crippen LogP contribution in [0.2, 0.25) is 0 Å². The fourth-order valence-electron chi connectivity index (χ4n) is 1.52. The third-order valence-electron chi connectivity index (χ3n) is 2.49. The van der Waals surface area contributed by atoms with Crippen LogP contribution in [0.5, 0.6) is 0 Å². The van der Waals surface area contributed by atoms with Gasteiger partial charge in [-0.15, -0.1) is 0 Å². The number of anilines is 2. The molecule has 1 aromatic carbocycles. The summed E-state index contributed by atoms with van der Waals surface area (Å²) >= 11 is 0. The van der Waals surface area contributed by atoms with Crippen LogP contribution in [-0.2, 0) is 6.18 Å². The van der Waals surface area contributed by atoms with Gasteiger partial charge in [0.05, 0.1) is 11.3 Å². The summed E-state index contributed by atoms with van der Waals surface area (Å²) in [5.74, 6) is -2.31. The molecule has 1 aromatic heterocycles. The van der Waals surface area contributed by atoms with E-state index in [1.807, 2.05) is 0 Å². The van der Waals surface area contributed by atoms with Gasteiger partial charge in [-0.3, -0.25) is 0 Å². The number of aromatic nitrogens is 1. The second-order valence-corrected chi connectivity index (χ2v) is 3.95. The topological polar surface area (TPSA) is 48.7 Å². The van der Waals surface area contributed by atoms with Crippen molar-refractivity contribution in [1.82, 2.24) is 4.98 Å². The summed E-state index contributed by atoms with van der Waals surface area (Å²) in [6.07, 6.45) is -4.70. The highest BCUT2D eigenvalue weighted by Gasteiger charge is 2.33. The molecule has 3 nitrogen and oxygen atoms in total. The van der Waals surface area contributed by atoms with Gasteiger partial charge in [0.15, 0.2) is 0 Å². The minimum atomic E-state index is -4.70. The van der Waals surface area contributed by atoms with E-state index >= 15 is 0 Å². The Kier molecular flexibility index (Phi) is 3.76. The molecule has 0 saturated heterocycles. The molecule has 1 heterocycles. The van der Waals surface area contributed by atoms with Crippen LogP contribution in [0.25, 0.3) is 0 Å². The molecule has 0 fully saturated rings. The Bertz CT molecular complexity index is 719. The van der Waals surface area contributed by atoms with E-state index < -0.39 is 29.3 Å². The van der Waals surface area contributed by atoms with Crippen molar-refractivity contribution in [3.63, 3.8) is 0 Å². The van der Waals surface area contributed by atoms with Gasteiger partial charge < -0.3 is 5.32 Å². The van der Waals surface area contributed by atoms with Crippen molar-refractivity contribution in [1.29, 1.82) is 5.26 Å². The minimum absolute atomic E-state index is 0.202. The van der Waals surface area contributed by atoms with E-state index in [0.717, 1.165) is 18.2 Å². The molecule has 0 aliphatic rings. The van der Waals surface area contributed by atoms with E-state index in [1.54, 1.807) is 6.07 Å². The Morgan fingerprint density at radius 2 is 1.81 bits per heavy atom. The Morgan fingerprint density at radius 3 is 2.38 bits per heavy atom. The van der Waals surface area contributed by atoms with Crippen molar-refractivity contribution in [2.75, 3.05) is 5.32 Å². The molecular formula is C13H6F5N3. The van der Waals surface area contributed by atoms with Crippen molar-refractivity contribution in [2.24, 2.45) is 0 Å². The highest BCUT2D eigenvalue weighted by atomic mass is 19.4. The predicted molar refractivity (Wildman–Crippen MR) is 63.6 cm³/mol. The molecule has 2 aromatic rings.